The first kappa shape index (κ1) is 13.9. The molecule has 0 bridgehead atoms. The van der Waals surface area contributed by atoms with Crippen molar-refractivity contribution in [1.82, 2.24) is 4.98 Å². The first-order valence-electron chi connectivity index (χ1n) is 6.21. The number of hydrogen-bond donors (Lipinski definition) is 2. The summed E-state index contributed by atoms with van der Waals surface area (Å²) in [5.41, 5.74) is 0.470. The van der Waals surface area contributed by atoms with Crippen molar-refractivity contribution in [3.63, 3.8) is 0 Å². The van der Waals surface area contributed by atoms with Gasteiger partial charge >= 0.3 is 5.97 Å². The van der Waals surface area contributed by atoms with Gasteiger partial charge in [0.15, 0.2) is 0 Å². The summed E-state index contributed by atoms with van der Waals surface area (Å²) in [4.78, 5) is 24.9. The third-order valence-electron chi connectivity index (χ3n) is 2.68. The largest absolute Gasteiger partial charge is 0.491 e. The Balaban J connectivity index is 2.30. The molecule has 0 atom stereocenters. The van der Waals surface area contributed by atoms with Crippen molar-refractivity contribution in [2.75, 3.05) is 0 Å². The first-order chi connectivity index (χ1) is 9.47. The van der Waals surface area contributed by atoms with Crippen molar-refractivity contribution in [3.05, 3.63) is 52.3 Å². The highest BCUT2D eigenvalue weighted by Gasteiger charge is 2.09. The smallest absolute Gasteiger partial charge is 0.341 e. The maximum absolute atomic E-state index is 11.6. The van der Waals surface area contributed by atoms with Gasteiger partial charge in [0.1, 0.15) is 11.3 Å². The molecular weight excluding hydrogens is 258 g/mol. The van der Waals surface area contributed by atoms with E-state index < -0.39 is 11.5 Å². The number of pyridine rings is 1. The lowest BCUT2D eigenvalue weighted by Gasteiger charge is -2.10. The molecule has 2 aromatic rings. The van der Waals surface area contributed by atoms with Crippen LogP contribution in [-0.2, 0) is 0 Å². The van der Waals surface area contributed by atoms with E-state index in [1.54, 1.807) is 18.2 Å². The Morgan fingerprint density at radius 3 is 2.30 bits per heavy atom. The van der Waals surface area contributed by atoms with Gasteiger partial charge in [-0.15, -0.1) is 0 Å². The number of carboxylic acids is 1. The quantitative estimate of drug-likeness (QED) is 0.897. The fraction of sp³-hybridized carbons (Fsp3) is 0.200. The number of carbonyl (C=O) groups is 1. The highest BCUT2D eigenvalue weighted by atomic mass is 16.5. The predicted molar refractivity (Wildman–Crippen MR) is 75.2 cm³/mol. The van der Waals surface area contributed by atoms with E-state index in [9.17, 15) is 9.59 Å². The topological polar surface area (TPSA) is 79.4 Å². The molecule has 5 heteroatoms. The van der Waals surface area contributed by atoms with E-state index in [1.807, 2.05) is 26.0 Å². The molecule has 0 saturated carbocycles. The number of aromatic nitrogens is 1. The molecule has 0 aliphatic heterocycles. The zero-order valence-electron chi connectivity index (χ0n) is 11.2. The second kappa shape index (κ2) is 5.61. The summed E-state index contributed by atoms with van der Waals surface area (Å²) < 4.78 is 5.53. The van der Waals surface area contributed by atoms with Crippen LogP contribution in [0.1, 0.15) is 24.2 Å². The molecule has 2 rings (SSSR count). The molecule has 2 N–H and O–H groups in total. The van der Waals surface area contributed by atoms with Crippen LogP contribution < -0.4 is 10.3 Å². The fourth-order valence-electron chi connectivity index (χ4n) is 1.80. The predicted octanol–water partition coefficient (Wildman–Crippen LogP) is 2.53. The van der Waals surface area contributed by atoms with Crippen LogP contribution in [0.3, 0.4) is 0 Å². The van der Waals surface area contributed by atoms with Gasteiger partial charge in [0, 0.05) is 5.69 Å². The van der Waals surface area contributed by atoms with Crippen molar-refractivity contribution in [2.24, 2.45) is 0 Å². The van der Waals surface area contributed by atoms with Gasteiger partial charge in [-0.2, -0.15) is 0 Å². The van der Waals surface area contributed by atoms with Gasteiger partial charge in [0.25, 0.3) is 5.56 Å². The van der Waals surface area contributed by atoms with Gasteiger partial charge in [-0.05, 0) is 55.8 Å². The Labute approximate surface area is 115 Å². The molecule has 0 spiro atoms. The third kappa shape index (κ3) is 3.06. The van der Waals surface area contributed by atoms with Crippen LogP contribution in [0.25, 0.3) is 11.3 Å². The summed E-state index contributed by atoms with van der Waals surface area (Å²) in [6, 6.07) is 10.1. The van der Waals surface area contributed by atoms with Gasteiger partial charge in [-0.25, -0.2) is 4.79 Å². The highest BCUT2D eigenvalue weighted by molar-refractivity contribution is 5.87. The van der Waals surface area contributed by atoms with E-state index in [-0.39, 0.29) is 11.7 Å². The van der Waals surface area contributed by atoms with Crippen LogP contribution in [0.4, 0.5) is 0 Å². The number of benzene rings is 1. The average molecular weight is 273 g/mol. The number of rotatable bonds is 4. The number of nitrogens with one attached hydrogen (secondary N) is 1. The van der Waals surface area contributed by atoms with Gasteiger partial charge in [-0.1, -0.05) is 0 Å². The maximum Gasteiger partial charge on any atom is 0.341 e. The Kier molecular flexibility index (Phi) is 3.89. The molecule has 0 aliphatic rings. The Morgan fingerprint density at radius 1 is 1.15 bits per heavy atom. The van der Waals surface area contributed by atoms with Crippen LogP contribution >= 0.6 is 0 Å². The van der Waals surface area contributed by atoms with Gasteiger partial charge in [0.05, 0.1) is 6.10 Å². The van der Waals surface area contributed by atoms with Crippen molar-refractivity contribution in [3.8, 4) is 17.0 Å². The lowest BCUT2D eigenvalue weighted by atomic mass is 10.1. The lowest BCUT2D eigenvalue weighted by molar-refractivity contribution is 0.0695. The van der Waals surface area contributed by atoms with E-state index in [2.05, 4.69) is 4.98 Å². The van der Waals surface area contributed by atoms with Crippen molar-refractivity contribution in [1.29, 1.82) is 0 Å². The zero-order chi connectivity index (χ0) is 14.7. The number of aromatic amines is 1. The minimum Gasteiger partial charge on any atom is -0.491 e. The van der Waals surface area contributed by atoms with Crippen LogP contribution in [0.15, 0.2) is 41.2 Å². The maximum atomic E-state index is 11.6. The highest BCUT2D eigenvalue weighted by Crippen LogP contribution is 2.20. The molecule has 1 heterocycles. The number of carboxylic acid groups (broad SMARTS) is 1. The normalized spacial score (nSPS) is 10.6. The molecule has 0 saturated heterocycles. The number of ether oxygens (including phenoxy) is 1. The molecule has 5 nitrogen and oxygen atoms in total. The molecule has 0 fully saturated rings. The van der Waals surface area contributed by atoms with Gasteiger partial charge < -0.3 is 14.8 Å². The molecular formula is C15H15NO4. The van der Waals surface area contributed by atoms with Crippen LogP contribution in [0.5, 0.6) is 5.75 Å². The van der Waals surface area contributed by atoms with Crippen LogP contribution in [0.2, 0.25) is 0 Å². The molecule has 104 valence electrons. The van der Waals surface area contributed by atoms with E-state index >= 15 is 0 Å². The Morgan fingerprint density at radius 2 is 1.80 bits per heavy atom. The van der Waals surface area contributed by atoms with E-state index in [4.69, 9.17) is 9.84 Å². The minimum atomic E-state index is -1.24. The van der Waals surface area contributed by atoms with Gasteiger partial charge in [0.2, 0.25) is 0 Å². The SMILES string of the molecule is CC(C)Oc1ccc(-c2ccc(C(=O)O)c(=O)[nH]2)cc1. The number of hydrogen-bond acceptors (Lipinski definition) is 3. The van der Waals surface area contributed by atoms with Crippen molar-refractivity contribution < 1.29 is 14.6 Å². The van der Waals surface area contributed by atoms with E-state index in [1.165, 1.54) is 6.07 Å². The first-order valence-corrected chi connectivity index (χ1v) is 6.21. The Bertz CT molecular complexity index is 671. The standard InChI is InChI=1S/C15H15NO4/c1-9(2)20-11-5-3-10(4-6-11)13-8-7-12(15(18)19)14(17)16-13/h3-9H,1-2H3,(H,16,17)(H,18,19). The number of H-pyrrole nitrogens is 1. The van der Waals surface area contributed by atoms with E-state index in [0.29, 0.717) is 5.69 Å². The molecule has 0 aliphatic carbocycles. The number of aromatic carboxylic acids is 1. The van der Waals surface area contributed by atoms with Gasteiger partial charge in [-0.3, -0.25) is 4.79 Å². The second-order valence-corrected chi connectivity index (χ2v) is 4.61. The summed E-state index contributed by atoms with van der Waals surface area (Å²) >= 11 is 0. The average Bonchev–Trinajstić information content (AvgIpc) is 2.38. The zero-order valence-corrected chi connectivity index (χ0v) is 11.2. The summed E-state index contributed by atoms with van der Waals surface area (Å²) in [7, 11) is 0. The molecule has 0 amide bonds. The van der Waals surface area contributed by atoms with Crippen LogP contribution in [-0.4, -0.2) is 22.2 Å². The molecule has 1 aromatic heterocycles. The monoisotopic (exact) mass is 273 g/mol. The third-order valence-corrected chi connectivity index (χ3v) is 2.68. The summed E-state index contributed by atoms with van der Waals surface area (Å²) in [6.07, 6.45) is 0.0931. The van der Waals surface area contributed by atoms with E-state index in [0.717, 1.165) is 11.3 Å². The summed E-state index contributed by atoms with van der Waals surface area (Å²) in [6.45, 7) is 3.88. The minimum absolute atomic E-state index is 0.0931. The fourth-order valence-corrected chi connectivity index (χ4v) is 1.80. The summed E-state index contributed by atoms with van der Waals surface area (Å²) in [5.74, 6) is -0.494. The molecule has 20 heavy (non-hydrogen) atoms. The van der Waals surface area contributed by atoms with Crippen molar-refractivity contribution in [2.45, 2.75) is 20.0 Å². The van der Waals surface area contributed by atoms with Crippen LogP contribution in [0, 0.1) is 0 Å². The molecule has 0 unspecified atom stereocenters. The lowest BCUT2D eigenvalue weighted by Crippen LogP contribution is -2.17. The van der Waals surface area contributed by atoms with Crippen molar-refractivity contribution >= 4 is 5.97 Å². The molecule has 0 radical (unpaired) electrons. The molecule has 1 aromatic carbocycles. The second-order valence-electron chi connectivity index (χ2n) is 4.61. The summed E-state index contributed by atoms with van der Waals surface area (Å²) in [5, 5.41) is 8.81. The Hall–Kier alpha value is -2.56.